The molecule has 1 saturated carbocycles. The molecule has 1 aromatic carbocycles. The molecule has 1 aliphatic carbocycles. The van der Waals surface area contributed by atoms with Crippen LogP contribution in [0.1, 0.15) is 49.7 Å². The molecule has 104 valence electrons. The van der Waals surface area contributed by atoms with Gasteiger partial charge in [-0.05, 0) is 43.0 Å². The number of nitrogens with zero attached hydrogens (tertiary/aromatic N) is 1. The highest BCUT2D eigenvalue weighted by Gasteiger charge is 2.21. The monoisotopic (exact) mass is 258 g/mol. The van der Waals surface area contributed by atoms with E-state index in [1.165, 1.54) is 50.6 Å². The van der Waals surface area contributed by atoms with Crippen LogP contribution in [0.5, 0.6) is 0 Å². The summed E-state index contributed by atoms with van der Waals surface area (Å²) in [5.41, 5.74) is 4.56. The maximum absolute atomic E-state index is 3.52. The number of hydrogen-bond acceptors (Lipinski definition) is 2. The Balaban J connectivity index is 1.84. The Morgan fingerprint density at radius 3 is 2.68 bits per heavy atom. The number of anilines is 1. The van der Waals surface area contributed by atoms with E-state index in [-0.39, 0.29) is 0 Å². The summed E-state index contributed by atoms with van der Waals surface area (Å²) < 4.78 is 0. The third kappa shape index (κ3) is 2.79. The zero-order valence-electron chi connectivity index (χ0n) is 12.1. The normalized spacial score (nSPS) is 20.7. The van der Waals surface area contributed by atoms with Crippen molar-refractivity contribution in [2.75, 3.05) is 18.5 Å². The summed E-state index contributed by atoms with van der Waals surface area (Å²) in [7, 11) is 2.31. The first-order valence-corrected chi connectivity index (χ1v) is 7.90. The van der Waals surface area contributed by atoms with Crippen molar-refractivity contribution in [3.05, 3.63) is 29.3 Å². The lowest BCUT2D eigenvalue weighted by Crippen LogP contribution is -2.34. The van der Waals surface area contributed by atoms with Crippen molar-refractivity contribution in [3.8, 4) is 0 Å². The molecule has 1 aliphatic heterocycles. The van der Waals surface area contributed by atoms with Crippen molar-refractivity contribution < 1.29 is 0 Å². The molecule has 2 aliphatic rings. The number of hydrogen-bond donors (Lipinski definition) is 1. The Morgan fingerprint density at radius 1 is 1.11 bits per heavy atom. The van der Waals surface area contributed by atoms with Gasteiger partial charge in [-0.3, -0.25) is 0 Å². The molecule has 2 heteroatoms. The van der Waals surface area contributed by atoms with Crippen LogP contribution < -0.4 is 10.2 Å². The molecule has 0 bridgehead atoms. The average Bonchev–Trinajstić information content (AvgIpc) is 2.75. The predicted octanol–water partition coefficient (Wildman–Crippen LogP) is 3.49. The maximum Gasteiger partial charge on any atom is 0.0414 e. The molecule has 19 heavy (non-hydrogen) atoms. The highest BCUT2D eigenvalue weighted by Crippen LogP contribution is 2.30. The van der Waals surface area contributed by atoms with Gasteiger partial charge in [-0.15, -0.1) is 0 Å². The van der Waals surface area contributed by atoms with Crippen molar-refractivity contribution in [2.24, 2.45) is 0 Å². The first kappa shape index (κ1) is 13.0. The molecule has 0 saturated heterocycles. The fourth-order valence-corrected chi connectivity index (χ4v) is 3.67. The van der Waals surface area contributed by atoms with Crippen LogP contribution >= 0.6 is 0 Å². The van der Waals surface area contributed by atoms with Crippen LogP contribution in [0.15, 0.2) is 18.2 Å². The lowest BCUT2D eigenvalue weighted by molar-refractivity contribution is 0.548. The van der Waals surface area contributed by atoms with Crippen molar-refractivity contribution in [1.29, 1.82) is 0 Å². The van der Waals surface area contributed by atoms with Gasteiger partial charge in [0, 0.05) is 25.3 Å². The fourth-order valence-electron chi connectivity index (χ4n) is 3.67. The van der Waals surface area contributed by atoms with Crippen LogP contribution in [0, 0.1) is 0 Å². The van der Waals surface area contributed by atoms with Gasteiger partial charge < -0.3 is 10.2 Å². The second-order valence-electron chi connectivity index (χ2n) is 6.10. The Morgan fingerprint density at radius 2 is 1.89 bits per heavy atom. The molecule has 0 atom stereocenters. The molecule has 0 aromatic heterocycles. The van der Waals surface area contributed by atoms with Gasteiger partial charge in [0.15, 0.2) is 0 Å². The second kappa shape index (κ2) is 5.96. The van der Waals surface area contributed by atoms with Crippen LogP contribution in [0.25, 0.3) is 0 Å². The van der Waals surface area contributed by atoms with E-state index in [2.05, 4.69) is 35.5 Å². The van der Waals surface area contributed by atoms with Crippen LogP contribution in [0.4, 0.5) is 5.69 Å². The van der Waals surface area contributed by atoms with Crippen molar-refractivity contribution in [3.63, 3.8) is 0 Å². The summed E-state index contributed by atoms with van der Waals surface area (Å²) in [5.74, 6) is 0. The highest BCUT2D eigenvalue weighted by molar-refractivity contribution is 5.57. The minimum atomic E-state index is 0.746. The first-order chi connectivity index (χ1) is 9.36. The van der Waals surface area contributed by atoms with Gasteiger partial charge in [-0.1, -0.05) is 37.8 Å². The van der Waals surface area contributed by atoms with Gasteiger partial charge in [0.05, 0.1) is 0 Å². The Labute approximate surface area is 117 Å². The Bertz CT molecular complexity index is 419. The minimum absolute atomic E-state index is 0.746. The van der Waals surface area contributed by atoms with Gasteiger partial charge in [0.25, 0.3) is 0 Å². The van der Waals surface area contributed by atoms with Crippen LogP contribution in [0.2, 0.25) is 0 Å². The lowest BCUT2D eigenvalue weighted by Gasteiger charge is -2.33. The van der Waals surface area contributed by atoms with E-state index in [0.29, 0.717) is 0 Å². The zero-order chi connectivity index (χ0) is 13.1. The van der Waals surface area contributed by atoms with Crippen LogP contribution in [0.3, 0.4) is 0 Å². The summed E-state index contributed by atoms with van der Waals surface area (Å²) in [6.07, 6.45) is 9.59. The molecule has 3 rings (SSSR count). The van der Waals surface area contributed by atoms with E-state index in [0.717, 1.165) is 19.1 Å². The third-order valence-corrected chi connectivity index (χ3v) is 4.87. The Kier molecular flexibility index (Phi) is 4.07. The number of nitrogens with one attached hydrogen (secondary N) is 1. The molecule has 0 unspecified atom stereocenters. The summed E-state index contributed by atoms with van der Waals surface area (Å²) in [4.78, 5) is 2.57. The predicted molar refractivity (Wildman–Crippen MR) is 81.7 cm³/mol. The number of benzene rings is 1. The van der Waals surface area contributed by atoms with Crippen LogP contribution in [-0.2, 0) is 13.0 Å². The number of fused-ring (bicyclic) bond motifs is 1. The Hall–Kier alpha value is -1.02. The van der Waals surface area contributed by atoms with E-state index >= 15 is 0 Å². The average molecular weight is 258 g/mol. The highest BCUT2D eigenvalue weighted by atomic mass is 15.1. The SMILES string of the molecule is CN(c1cccc2c1CNCC2)C1CCCCCC1. The second-order valence-corrected chi connectivity index (χ2v) is 6.10. The van der Waals surface area contributed by atoms with Gasteiger partial charge in [0.1, 0.15) is 0 Å². The molecule has 1 N–H and O–H groups in total. The van der Waals surface area contributed by atoms with E-state index in [4.69, 9.17) is 0 Å². The van der Waals surface area contributed by atoms with Crippen LogP contribution in [-0.4, -0.2) is 19.6 Å². The molecule has 0 amide bonds. The first-order valence-electron chi connectivity index (χ1n) is 7.90. The molecular weight excluding hydrogens is 232 g/mol. The standard InChI is InChI=1S/C17H26N2/c1-19(15-8-4-2-3-5-9-15)17-10-6-7-14-11-12-18-13-16(14)17/h6-7,10,15,18H,2-5,8-9,11-13H2,1H3. The minimum Gasteiger partial charge on any atom is -0.371 e. The lowest BCUT2D eigenvalue weighted by atomic mass is 9.97. The van der Waals surface area contributed by atoms with Gasteiger partial charge in [-0.25, -0.2) is 0 Å². The molecule has 0 spiro atoms. The summed E-state index contributed by atoms with van der Waals surface area (Å²) >= 11 is 0. The molecule has 2 nitrogen and oxygen atoms in total. The molecular formula is C17H26N2. The largest absolute Gasteiger partial charge is 0.371 e. The van der Waals surface area contributed by atoms with Gasteiger partial charge in [0.2, 0.25) is 0 Å². The third-order valence-electron chi connectivity index (χ3n) is 4.87. The molecule has 0 radical (unpaired) electrons. The topological polar surface area (TPSA) is 15.3 Å². The van der Waals surface area contributed by atoms with E-state index in [9.17, 15) is 0 Å². The van der Waals surface area contributed by atoms with Crippen molar-refractivity contribution in [2.45, 2.75) is 57.5 Å². The van der Waals surface area contributed by atoms with Gasteiger partial charge in [-0.2, -0.15) is 0 Å². The summed E-state index contributed by atoms with van der Waals surface area (Å²) in [5, 5.41) is 3.52. The summed E-state index contributed by atoms with van der Waals surface area (Å²) in [6.45, 7) is 2.17. The quantitative estimate of drug-likeness (QED) is 0.817. The maximum atomic E-state index is 3.52. The fraction of sp³-hybridized carbons (Fsp3) is 0.647. The van der Waals surface area contributed by atoms with E-state index in [1.54, 1.807) is 11.1 Å². The molecule has 1 fully saturated rings. The van der Waals surface area contributed by atoms with E-state index in [1.807, 2.05) is 0 Å². The zero-order valence-corrected chi connectivity index (χ0v) is 12.1. The summed E-state index contributed by atoms with van der Waals surface area (Å²) in [6, 6.07) is 7.61. The smallest absolute Gasteiger partial charge is 0.0414 e. The number of rotatable bonds is 2. The van der Waals surface area contributed by atoms with Gasteiger partial charge >= 0.3 is 0 Å². The van der Waals surface area contributed by atoms with E-state index < -0.39 is 0 Å². The van der Waals surface area contributed by atoms with Crippen molar-refractivity contribution >= 4 is 5.69 Å². The van der Waals surface area contributed by atoms with Crippen molar-refractivity contribution in [1.82, 2.24) is 5.32 Å². The molecule has 1 heterocycles. The molecule has 1 aromatic rings.